The molecule has 1 aromatic heterocycles. The van der Waals surface area contributed by atoms with Crippen LogP contribution in [0.3, 0.4) is 0 Å². The van der Waals surface area contributed by atoms with Crippen molar-refractivity contribution < 1.29 is 4.79 Å². The van der Waals surface area contributed by atoms with E-state index >= 15 is 0 Å². The lowest BCUT2D eigenvalue weighted by molar-refractivity contribution is -0.120. The molecule has 13 heavy (non-hydrogen) atoms. The van der Waals surface area contributed by atoms with Crippen LogP contribution in [0.25, 0.3) is 0 Å². The molecule has 1 rings (SSSR count). The molecule has 0 bridgehead atoms. The lowest BCUT2D eigenvalue weighted by Gasteiger charge is -2.14. The molecule has 0 radical (unpaired) electrons. The highest BCUT2D eigenvalue weighted by Crippen LogP contribution is 2.21. The van der Waals surface area contributed by atoms with Crippen LogP contribution in [-0.2, 0) is 4.79 Å². The number of hydrogen-bond acceptors (Lipinski definition) is 3. The lowest BCUT2D eigenvalue weighted by Crippen LogP contribution is -2.33. The molecule has 0 aliphatic heterocycles. The number of amides is 1. The quantitative estimate of drug-likeness (QED) is 0.765. The summed E-state index contributed by atoms with van der Waals surface area (Å²) < 4.78 is 0. The Labute approximate surface area is 81.9 Å². The molecule has 0 fully saturated rings. The summed E-state index contributed by atoms with van der Waals surface area (Å²) in [5, 5.41) is 4.87. The van der Waals surface area contributed by atoms with Gasteiger partial charge in [0.25, 0.3) is 0 Å². The van der Waals surface area contributed by atoms with E-state index in [-0.39, 0.29) is 18.5 Å². The van der Waals surface area contributed by atoms with Gasteiger partial charge in [0.1, 0.15) is 0 Å². The van der Waals surface area contributed by atoms with E-state index in [4.69, 9.17) is 5.73 Å². The van der Waals surface area contributed by atoms with Crippen molar-refractivity contribution in [3.8, 4) is 0 Å². The first kappa shape index (κ1) is 10.2. The Morgan fingerprint density at radius 2 is 2.54 bits per heavy atom. The molecule has 1 atom stereocenters. The van der Waals surface area contributed by atoms with Gasteiger partial charge in [-0.25, -0.2) is 0 Å². The van der Waals surface area contributed by atoms with Crippen LogP contribution >= 0.6 is 11.3 Å². The third-order valence-electron chi connectivity index (χ3n) is 1.82. The molecule has 0 saturated heterocycles. The van der Waals surface area contributed by atoms with E-state index < -0.39 is 0 Å². The molecule has 0 spiro atoms. The van der Waals surface area contributed by atoms with Crippen LogP contribution in [0, 0.1) is 0 Å². The third-order valence-corrected chi connectivity index (χ3v) is 2.80. The van der Waals surface area contributed by atoms with Gasteiger partial charge in [-0.3, -0.25) is 4.79 Å². The molecular weight excluding hydrogens is 184 g/mol. The SMILES string of the molecule is CCC(NC(=O)CN)c1cccs1. The number of carbonyl (C=O) groups is 1. The number of hydrogen-bond donors (Lipinski definition) is 2. The molecule has 1 aromatic rings. The molecule has 0 aromatic carbocycles. The highest BCUT2D eigenvalue weighted by atomic mass is 32.1. The zero-order chi connectivity index (χ0) is 9.68. The Hall–Kier alpha value is -0.870. The first-order chi connectivity index (χ1) is 6.27. The molecule has 0 aliphatic rings. The van der Waals surface area contributed by atoms with Gasteiger partial charge in [-0.2, -0.15) is 0 Å². The van der Waals surface area contributed by atoms with Crippen molar-refractivity contribution in [1.29, 1.82) is 0 Å². The summed E-state index contributed by atoms with van der Waals surface area (Å²) in [6.07, 6.45) is 0.895. The van der Waals surface area contributed by atoms with E-state index in [0.717, 1.165) is 6.42 Å². The van der Waals surface area contributed by atoms with Gasteiger partial charge < -0.3 is 11.1 Å². The first-order valence-corrected chi connectivity index (χ1v) is 5.18. The minimum atomic E-state index is -0.0970. The number of carbonyl (C=O) groups excluding carboxylic acids is 1. The van der Waals surface area contributed by atoms with Gasteiger partial charge in [-0.1, -0.05) is 13.0 Å². The fourth-order valence-corrected chi connectivity index (χ4v) is 1.98. The van der Waals surface area contributed by atoms with E-state index in [1.54, 1.807) is 11.3 Å². The molecule has 4 heteroatoms. The number of nitrogens with one attached hydrogen (secondary N) is 1. The normalized spacial score (nSPS) is 12.5. The third kappa shape index (κ3) is 2.82. The standard InChI is InChI=1S/C9H14N2OS/c1-2-7(11-9(12)6-10)8-4-3-5-13-8/h3-5,7H,2,6,10H2,1H3,(H,11,12). The molecule has 1 heterocycles. The van der Waals surface area contributed by atoms with E-state index in [2.05, 4.69) is 5.32 Å². The minimum absolute atomic E-state index is 0.0574. The van der Waals surface area contributed by atoms with Crippen LogP contribution in [0.4, 0.5) is 0 Å². The fraction of sp³-hybridized carbons (Fsp3) is 0.444. The van der Waals surface area contributed by atoms with Crippen molar-refractivity contribution in [3.05, 3.63) is 22.4 Å². The maximum absolute atomic E-state index is 11.0. The molecule has 1 unspecified atom stereocenters. The number of thiophene rings is 1. The van der Waals surface area contributed by atoms with E-state index in [1.165, 1.54) is 4.88 Å². The van der Waals surface area contributed by atoms with Crippen LogP contribution in [0.2, 0.25) is 0 Å². The predicted molar refractivity (Wildman–Crippen MR) is 54.5 cm³/mol. The van der Waals surface area contributed by atoms with Crippen molar-refractivity contribution in [3.63, 3.8) is 0 Å². The second-order valence-corrected chi connectivity index (χ2v) is 3.73. The summed E-state index contributed by atoms with van der Waals surface area (Å²) in [4.78, 5) is 12.2. The first-order valence-electron chi connectivity index (χ1n) is 4.30. The lowest BCUT2D eigenvalue weighted by atomic mass is 10.2. The van der Waals surface area contributed by atoms with Crippen LogP contribution in [-0.4, -0.2) is 12.5 Å². The second kappa shape index (κ2) is 4.99. The van der Waals surface area contributed by atoms with Crippen LogP contribution in [0.5, 0.6) is 0 Å². The van der Waals surface area contributed by atoms with Crippen molar-refractivity contribution in [2.45, 2.75) is 19.4 Å². The number of nitrogens with two attached hydrogens (primary N) is 1. The van der Waals surface area contributed by atoms with Crippen LogP contribution in [0.15, 0.2) is 17.5 Å². The van der Waals surface area contributed by atoms with Crippen molar-refractivity contribution in [2.24, 2.45) is 5.73 Å². The topological polar surface area (TPSA) is 55.1 Å². The van der Waals surface area contributed by atoms with Gasteiger partial charge >= 0.3 is 0 Å². The van der Waals surface area contributed by atoms with E-state index in [9.17, 15) is 4.79 Å². The average Bonchev–Trinajstić information content (AvgIpc) is 2.66. The second-order valence-electron chi connectivity index (χ2n) is 2.75. The monoisotopic (exact) mass is 198 g/mol. The number of rotatable bonds is 4. The minimum Gasteiger partial charge on any atom is -0.347 e. The Kier molecular flexibility index (Phi) is 3.92. The molecule has 0 aliphatic carbocycles. The predicted octanol–water partition coefficient (Wildman–Crippen LogP) is 1.27. The Balaban J connectivity index is 2.58. The van der Waals surface area contributed by atoms with Gasteiger partial charge in [0, 0.05) is 4.88 Å². The maximum atomic E-state index is 11.0. The molecule has 0 saturated carbocycles. The Morgan fingerprint density at radius 3 is 3.00 bits per heavy atom. The maximum Gasteiger partial charge on any atom is 0.234 e. The summed E-state index contributed by atoms with van der Waals surface area (Å²) in [5.41, 5.74) is 5.22. The van der Waals surface area contributed by atoms with Gasteiger partial charge in [0.05, 0.1) is 12.6 Å². The Morgan fingerprint density at radius 1 is 1.77 bits per heavy atom. The largest absolute Gasteiger partial charge is 0.347 e. The summed E-state index contributed by atoms with van der Waals surface area (Å²) in [6, 6.07) is 4.13. The fourth-order valence-electron chi connectivity index (χ4n) is 1.12. The van der Waals surface area contributed by atoms with Crippen molar-refractivity contribution >= 4 is 17.2 Å². The van der Waals surface area contributed by atoms with Crippen molar-refractivity contribution in [1.82, 2.24) is 5.32 Å². The highest BCUT2D eigenvalue weighted by Gasteiger charge is 2.11. The zero-order valence-corrected chi connectivity index (χ0v) is 8.43. The molecule has 3 nitrogen and oxygen atoms in total. The average molecular weight is 198 g/mol. The molecule has 72 valence electrons. The highest BCUT2D eigenvalue weighted by molar-refractivity contribution is 7.10. The van der Waals surface area contributed by atoms with Gasteiger partial charge in [0.15, 0.2) is 0 Å². The van der Waals surface area contributed by atoms with Crippen LogP contribution in [0.1, 0.15) is 24.3 Å². The van der Waals surface area contributed by atoms with Crippen LogP contribution < -0.4 is 11.1 Å². The zero-order valence-electron chi connectivity index (χ0n) is 7.62. The summed E-state index contributed by atoms with van der Waals surface area (Å²) >= 11 is 1.65. The summed E-state index contributed by atoms with van der Waals surface area (Å²) in [6.45, 7) is 2.10. The molecule has 3 N–H and O–H groups in total. The van der Waals surface area contributed by atoms with Crippen molar-refractivity contribution in [2.75, 3.05) is 6.54 Å². The summed E-state index contributed by atoms with van der Waals surface area (Å²) in [5.74, 6) is -0.0970. The summed E-state index contributed by atoms with van der Waals surface area (Å²) in [7, 11) is 0. The van der Waals surface area contributed by atoms with Gasteiger partial charge in [0.2, 0.25) is 5.91 Å². The van der Waals surface area contributed by atoms with Gasteiger partial charge in [-0.15, -0.1) is 11.3 Å². The van der Waals surface area contributed by atoms with E-state index in [1.807, 2.05) is 24.4 Å². The Bertz CT molecular complexity index is 259. The molecular formula is C9H14N2OS. The molecule has 1 amide bonds. The van der Waals surface area contributed by atoms with E-state index in [0.29, 0.717) is 0 Å². The van der Waals surface area contributed by atoms with Gasteiger partial charge in [-0.05, 0) is 17.9 Å². The smallest absolute Gasteiger partial charge is 0.234 e.